The number of rotatable bonds is 2. The fourth-order valence-corrected chi connectivity index (χ4v) is 2.14. The standard InChI is InChI=1S/C11H17N3O2/c1-8-10(11(15)16)7-14(12-8)9-3-5-13(2)6-4-9/h7,9H,3-6H2,1-2H3,(H,15,16). The Hall–Kier alpha value is -1.36. The molecule has 0 amide bonds. The first-order chi connectivity index (χ1) is 7.58. The molecule has 2 heterocycles. The first kappa shape index (κ1) is 11.1. The van der Waals surface area contributed by atoms with Crippen molar-refractivity contribution >= 4 is 5.97 Å². The molecule has 1 aromatic heterocycles. The van der Waals surface area contributed by atoms with Gasteiger partial charge in [-0.1, -0.05) is 0 Å². The minimum absolute atomic E-state index is 0.318. The van der Waals surface area contributed by atoms with Crippen LogP contribution in [0.25, 0.3) is 0 Å². The third-order valence-electron chi connectivity index (χ3n) is 3.21. The fourth-order valence-electron chi connectivity index (χ4n) is 2.14. The Bertz CT molecular complexity index is 392. The molecule has 0 aromatic carbocycles. The summed E-state index contributed by atoms with van der Waals surface area (Å²) >= 11 is 0. The maximum absolute atomic E-state index is 10.9. The van der Waals surface area contributed by atoms with Crippen LogP contribution in [0.15, 0.2) is 6.20 Å². The van der Waals surface area contributed by atoms with Crippen molar-refractivity contribution < 1.29 is 9.90 Å². The molecule has 0 saturated carbocycles. The Kier molecular flexibility index (Phi) is 2.96. The van der Waals surface area contributed by atoms with Gasteiger partial charge in [-0.2, -0.15) is 5.10 Å². The number of aryl methyl sites for hydroxylation is 1. The van der Waals surface area contributed by atoms with Crippen molar-refractivity contribution in [3.63, 3.8) is 0 Å². The number of carbonyl (C=O) groups is 1. The monoisotopic (exact) mass is 223 g/mol. The van der Waals surface area contributed by atoms with Gasteiger partial charge in [-0.05, 0) is 39.9 Å². The first-order valence-electron chi connectivity index (χ1n) is 5.55. The quantitative estimate of drug-likeness (QED) is 0.817. The van der Waals surface area contributed by atoms with Crippen molar-refractivity contribution in [1.82, 2.24) is 14.7 Å². The Morgan fingerprint density at radius 2 is 2.12 bits per heavy atom. The number of hydrogen-bond donors (Lipinski definition) is 1. The summed E-state index contributed by atoms with van der Waals surface area (Å²) < 4.78 is 1.83. The highest BCUT2D eigenvalue weighted by Gasteiger charge is 2.21. The average Bonchev–Trinajstić information content (AvgIpc) is 2.61. The van der Waals surface area contributed by atoms with E-state index in [1.54, 1.807) is 13.1 Å². The molecule has 1 aliphatic rings. The van der Waals surface area contributed by atoms with Crippen molar-refractivity contribution in [2.24, 2.45) is 0 Å². The van der Waals surface area contributed by atoms with Gasteiger partial charge in [-0.25, -0.2) is 4.79 Å². The number of carboxylic acids is 1. The molecule has 1 aromatic rings. The molecule has 88 valence electrons. The van der Waals surface area contributed by atoms with Crippen molar-refractivity contribution in [3.05, 3.63) is 17.5 Å². The maximum atomic E-state index is 10.9. The van der Waals surface area contributed by atoms with Crippen LogP contribution in [0.4, 0.5) is 0 Å². The third kappa shape index (κ3) is 2.09. The lowest BCUT2D eigenvalue weighted by atomic mass is 10.1. The number of carboxylic acid groups (broad SMARTS) is 1. The van der Waals surface area contributed by atoms with Gasteiger partial charge in [0.2, 0.25) is 0 Å². The molecule has 0 atom stereocenters. The molecule has 0 bridgehead atoms. The fraction of sp³-hybridized carbons (Fsp3) is 0.636. The number of piperidine rings is 1. The number of nitrogens with zero attached hydrogens (tertiary/aromatic N) is 3. The molecule has 1 saturated heterocycles. The van der Waals surface area contributed by atoms with Crippen LogP contribution in [0.5, 0.6) is 0 Å². The minimum Gasteiger partial charge on any atom is -0.478 e. The van der Waals surface area contributed by atoms with E-state index in [1.165, 1.54) is 0 Å². The molecule has 5 nitrogen and oxygen atoms in total. The summed E-state index contributed by atoms with van der Waals surface area (Å²) in [6.07, 6.45) is 3.74. The van der Waals surface area contributed by atoms with Crippen LogP contribution in [0.3, 0.4) is 0 Å². The molecule has 1 fully saturated rings. The summed E-state index contributed by atoms with van der Waals surface area (Å²) in [7, 11) is 2.10. The predicted octanol–water partition coefficient (Wildman–Crippen LogP) is 1.16. The van der Waals surface area contributed by atoms with E-state index in [1.807, 2.05) is 4.68 Å². The van der Waals surface area contributed by atoms with E-state index in [9.17, 15) is 4.79 Å². The zero-order valence-corrected chi connectivity index (χ0v) is 9.68. The van der Waals surface area contributed by atoms with E-state index in [2.05, 4.69) is 17.0 Å². The first-order valence-corrected chi connectivity index (χ1v) is 5.55. The molecule has 0 aliphatic carbocycles. The van der Waals surface area contributed by atoms with Crippen molar-refractivity contribution in [1.29, 1.82) is 0 Å². The van der Waals surface area contributed by atoms with Crippen LogP contribution in [-0.2, 0) is 0 Å². The molecule has 2 rings (SSSR count). The van der Waals surface area contributed by atoms with Gasteiger partial charge < -0.3 is 10.0 Å². The summed E-state index contributed by atoms with van der Waals surface area (Å²) in [6, 6.07) is 0.350. The van der Waals surface area contributed by atoms with Crippen molar-refractivity contribution in [2.45, 2.75) is 25.8 Å². The van der Waals surface area contributed by atoms with Gasteiger partial charge in [0.1, 0.15) is 5.56 Å². The van der Waals surface area contributed by atoms with Gasteiger partial charge in [0, 0.05) is 6.20 Å². The summed E-state index contributed by atoms with van der Waals surface area (Å²) in [5.41, 5.74) is 0.922. The van der Waals surface area contributed by atoms with Crippen molar-refractivity contribution in [2.75, 3.05) is 20.1 Å². The van der Waals surface area contributed by atoms with Crippen LogP contribution in [0.2, 0.25) is 0 Å². The zero-order valence-electron chi connectivity index (χ0n) is 9.68. The van der Waals surface area contributed by atoms with Crippen LogP contribution in [-0.4, -0.2) is 45.9 Å². The molecular formula is C11H17N3O2. The van der Waals surface area contributed by atoms with Crippen LogP contribution < -0.4 is 0 Å². The van der Waals surface area contributed by atoms with E-state index in [0.717, 1.165) is 25.9 Å². The molecule has 16 heavy (non-hydrogen) atoms. The molecule has 0 spiro atoms. The van der Waals surface area contributed by atoms with Crippen LogP contribution in [0, 0.1) is 6.92 Å². The third-order valence-corrected chi connectivity index (χ3v) is 3.21. The highest BCUT2D eigenvalue weighted by atomic mass is 16.4. The molecule has 0 radical (unpaired) electrons. The molecule has 1 aliphatic heterocycles. The zero-order chi connectivity index (χ0) is 11.7. The van der Waals surface area contributed by atoms with Crippen LogP contribution in [0.1, 0.15) is 34.9 Å². The van der Waals surface area contributed by atoms with Gasteiger partial charge in [-0.15, -0.1) is 0 Å². The minimum atomic E-state index is -0.892. The Labute approximate surface area is 94.7 Å². The summed E-state index contributed by atoms with van der Waals surface area (Å²) in [6.45, 7) is 3.84. The van der Waals surface area contributed by atoms with Gasteiger partial charge in [-0.3, -0.25) is 4.68 Å². The molecule has 0 unspecified atom stereocenters. The molecule has 1 N–H and O–H groups in total. The van der Waals surface area contributed by atoms with Crippen LogP contribution >= 0.6 is 0 Å². The molecular weight excluding hydrogens is 206 g/mol. The van der Waals surface area contributed by atoms with E-state index >= 15 is 0 Å². The summed E-state index contributed by atoms with van der Waals surface area (Å²) in [4.78, 5) is 13.2. The Balaban J connectivity index is 2.15. The second-order valence-electron chi connectivity index (χ2n) is 4.45. The maximum Gasteiger partial charge on any atom is 0.339 e. The lowest BCUT2D eigenvalue weighted by Crippen LogP contribution is -2.31. The van der Waals surface area contributed by atoms with Gasteiger partial charge in [0.25, 0.3) is 0 Å². The lowest BCUT2D eigenvalue weighted by molar-refractivity contribution is 0.0696. The highest BCUT2D eigenvalue weighted by Crippen LogP contribution is 2.22. The highest BCUT2D eigenvalue weighted by molar-refractivity contribution is 5.88. The number of aromatic nitrogens is 2. The van der Waals surface area contributed by atoms with E-state index in [-0.39, 0.29) is 0 Å². The number of likely N-dealkylation sites (tertiary alicyclic amines) is 1. The summed E-state index contributed by atoms with van der Waals surface area (Å²) in [5.74, 6) is -0.892. The smallest absolute Gasteiger partial charge is 0.339 e. The van der Waals surface area contributed by atoms with E-state index in [0.29, 0.717) is 17.3 Å². The van der Waals surface area contributed by atoms with Crippen molar-refractivity contribution in [3.8, 4) is 0 Å². The Morgan fingerprint density at radius 3 is 2.62 bits per heavy atom. The summed E-state index contributed by atoms with van der Waals surface area (Å²) in [5, 5.41) is 13.3. The number of hydrogen-bond acceptors (Lipinski definition) is 3. The average molecular weight is 223 g/mol. The normalized spacial score (nSPS) is 18.9. The van der Waals surface area contributed by atoms with E-state index < -0.39 is 5.97 Å². The number of aromatic carboxylic acids is 1. The second kappa shape index (κ2) is 4.25. The van der Waals surface area contributed by atoms with Gasteiger partial charge >= 0.3 is 5.97 Å². The predicted molar refractivity (Wildman–Crippen MR) is 59.7 cm³/mol. The second-order valence-corrected chi connectivity index (χ2v) is 4.45. The largest absolute Gasteiger partial charge is 0.478 e. The van der Waals surface area contributed by atoms with E-state index in [4.69, 9.17) is 5.11 Å². The van der Waals surface area contributed by atoms with Gasteiger partial charge in [0.05, 0.1) is 11.7 Å². The molecule has 5 heteroatoms. The topological polar surface area (TPSA) is 58.4 Å². The lowest BCUT2D eigenvalue weighted by Gasteiger charge is -2.28. The van der Waals surface area contributed by atoms with Gasteiger partial charge in [0.15, 0.2) is 0 Å². The Morgan fingerprint density at radius 1 is 1.50 bits per heavy atom. The SMILES string of the molecule is Cc1nn(C2CCN(C)CC2)cc1C(=O)O.